The van der Waals surface area contributed by atoms with Gasteiger partial charge in [0, 0.05) is 12.7 Å². The van der Waals surface area contributed by atoms with Crippen molar-refractivity contribution in [3.8, 4) is 0 Å². The molecule has 0 aliphatic heterocycles. The molecule has 6 nitrogen and oxygen atoms in total. The highest BCUT2D eigenvalue weighted by Gasteiger charge is 2.19. The highest BCUT2D eigenvalue weighted by molar-refractivity contribution is 6.39. The molecule has 2 rings (SSSR count). The number of carbonyl (C=O) groups is 3. The number of anilines is 1. The number of carbonyl (C=O) groups excluding carboxylic acids is 3. The number of nitrogens with one attached hydrogen (secondary N) is 1. The number of nitrogens with zero attached hydrogens (tertiary/aromatic N) is 1. The average Bonchev–Trinajstić information content (AvgIpc) is 2.66. The van der Waals surface area contributed by atoms with Crippen molar-refractivity contribution in [3.63, 3.8) is 0 Å². The first-order valence-corrected chi connectivity index (χ1v) is 9.32. The summed E-state index contributed by atoms with van der Waals surface area (Å²) in [6.07, 6.45) is 0.770. The van der Waals surface area contributed by atoms with E-state index in [4.69, 9.17) is 27.9 Å². The molecule has 2 amide bonds. The Kier molecular flexibility index (Phi) is 7.84. The van der Waals surface area contributed by atoms with Gasteiger partial charge in [0.1, 0.15) is 0 Å². The molecule has 2 aromatic carbocycles. The van der Waals surface area contributed by atoms with Crippen LogP contribution in [0.5, 0.6) is 0 Å². The van der Waals surface area contributed by atoms with Crippen molar-refractivity contribution in [3.05, 3.63) is 63.6 Å². The zero-order valence-electron chi connectivity index (χ0n) is 15.5. The monoisotopic (exact) mass is 422 g/mol. The molecule has 0 aromatic heterocycles. The van der Waals surface area contributed by atoms with Crippen LogP contribution in [0.1, 0.15) is 22.8 Å². The van der Waals surface area contributed by atoms with Crippen LogP contribution in [-0.2, 0) is 20.7 Å². The number of rotatable bonds is 7. The third kappa shape index (κ3) is 5.71. The minimum absolute atomic E-state index is 0.00444. The largest absolute Gasteiger partial charge is 0.452 e. The van der Waals surface area contributed by atoms with Crippen LogP contribution in [0.25, 0.3) is 0 Å². The van der Waals surface area contributed by atoms with Crippen LogP contribution in [0.15, 0.2) is 42.5 Å². The Morgan fingerprint density at radius 3 is 2.32 bits per heavy atom. The van der Waals surface area contributed by atoms with Gasteiger partial charge in [-0.2, -0.15) is 0 Å². The van der Waals surface area contributed by atoms with E-state index in [0.717, 1.165) is 12.0 Å². The lowest BCUT2D eigenvalue weighted by Crippen LogP contribution is -2.37. The van der Waals surface area contributed by atoms with Crippen molar-refractivity contribution in [1.82, 2.24) is 4.90 Å². The van der Waals surface area contributed by atoms with Gasteiger partial charge in [-0.05, 0) is 30.2 Å². The van der Waals surface area contributed by atoms with Crippen LogP contribution >= 0.6 is 23.2 Å². The number of hydrogen-bond donors (Lipinski definition) is 1. The van der Waals surface area contributed by atoms with Crippen LogP contribution in [0.4, 0.5) is 5.69 Å². The molecule has 8 heteroatoms. The Balaban J connectivity index is 1.88. The quantitative estimate of drug-likeness (QED) is 0.688. The van der Waals surface area contributed by atoms with Crippen LogP contribution < -0.4 is 5.32 Å². The number of likely N-dealkylation sites (N-methyl/N-ethyl adjacent to an activating group) is 1. The molecule has 0 saturated heterocycles. The van der Waals surface area contributed by atoms with Gasteiger partial charge in [-0.15, -0.1) is 0 Å². The predicted octanol–water partition coefficient (Wildman–Crippen LogP) is 3.81. The zero-order chi connectivity index (χ0) is 20.7. The van der Waals surface area contributed by atoms with Crippen LogP contribution in [0.2, 0.25) is 10.0 Å². The molecule has 0 radical (unpaired) electrons. The molecule has 0 fully saturated rings. The van der Waals surface area contributed by atoms with E-state index in [9.17, 15) is 14.4 Å². The highest BCUT2D eigenvalue weighted by Crippen LogP contribution is 2.24. The summed E-state index contributed by atoms with van der Waals surface area (Å²) in [4.78, 5) is 37.6. The first-order chi connectivity index (χ1) is 13.3. The molecule has 0 aliphatic carbocycles. The molecule has 0 bridgehead atoms. The number of para-hydroxylation sites is 1. The molecule has 28 heavy (non-hydrogen) atoms. The predicted molar refractivity (Wildman–Crippen MR) is 109 cm³/mol. The summed E-state index contributed by atoms with van der Waals surface area (Å²) in [5, 5.41) is 3.04. The van der Waals surface area contributed by atoms with E-state index in [1.807, 2.05) is 25.1 Å². The SMILES string of the molecule is CCc1ccccc1NC(=O)CN(C)C(=O)COC(=O)c1c(Cl)cccc1Cl. The van der Waals surface area contributed by atoms with Crippen molar-refractivity contribution < 1.29 is 19.1 Å². The smallest absolute Gasteiger partial charge is 0.341 e. The summed E-state index contributed by atoms with van der Waals surface area (Å²) >= 11 is 11.9. The molecular formula is C20H20Cl2N2O4. The Hall–Kier alpha value is -2.57. The van der Waals surface area contributed by atoms with E-state index in [1.165, 1.54) is 24.1 Å². The summed E-state index contributed by atoms with van der Waals surface area (Å²) in [6, 6.07) is 12.0. The van der Waals surface area contributed by atoms with Crippen LogP contribution in [0, 0.1) is 0 Å². The fraction of sp³-hybridized carbons (Fsp3) is 0.250. The van der Waals surface area contributed by atoms with Crippen molar-refractivity contribution in [2.45, 2.75) is 13.3 Å². The molecular weight excluding hydrogens is 403 g/mol. The van der Waals surface area contributed by atoms with Gasteiger partial charge in [0.15, 0.2) is 6.61 Å². The lowest BCUT2D eigenvalue weighted by Gasteiger charge is -2.17. The lowest BCUT2D eigenvalue weighted by atomic mass is 10.1. The molecule has 2 aromatic rings. The van der Waals surface area contributed by atoms with Gasteiger partial charge in [0.05, 0.1) is 22.2 Å². The van der Waals surface area contributed by atoms with Gasteiger partial charge < -0.3 is 15.0 Å². The van der Waals surface area contributed by atoms with E-state index in [-0.39, 0.29) is 28.1 Å². The van der Waals surface area contributed by atoms with Crippen molar-refractivity contribution >= 4 is 46.7 Å². The first-order valence-electron chi connectivity index (χ1n) is 8.56. The van der Waals surface area contributed by atoms with Crippen molar-refractivity contribution in [2.24, 2.45) is 0 Å². The fourth-order valence-electron chi connectivity index (χ4n) is 2.45. The Morgan fingerprint density at radius 1 is 1.04 bits per heavy atom. The maximum Gasteiger partial charge on any atom is 0.341 e. The summed E-state index contributed by atoms with van der Waals surface area (Å²) in [5.74, 6) is -1.69. The van der Waals surface area contributed by atoms with Gasteiger partial charge >= 0.3 is 5.97 Å². The van der Waals surface area contributed by atoms with Crippen LogP contribution in [0.3, 0.4) is 0 Å². The van der Waals surface area contributed by atoms with Gasteiger partial charge in [-0.25, -0.2) is 4.79 Å². The van der Waals surface area contributed by atoms with Gasteiger partial charge in [-0.3, -0.25) is 9.59 Å². The number of esters is 1. The molecule has 0 unspecified atom stereocenters. The van der Waals surface area contributed by atoms with Gasteiger partial charge in [0.25, 0.3) is 5.91 Å². The number of benzene rings is 2. The second-order valence-electron chi connectivity index (χ2n) is 5.98. The van der Waals surface area contributed by atoms with Crippen LogP contribution in [-0.4, -0.2) is 42.9 Å². The Morgan fingerprint density at radius 2 is 1.68 bits per heavy atom. The minimum atomic E-state index is -0.807. The maximum absolute atomic E-state index is 12.2. The summed E-state index contributed by atoms with van der Waals surface area (Å²) in [7, 11) is 1.45. The van der Waals surface area contributed by atoms with E-state index < -0.39 is 18.5 Å². The van der Waals surface area contributed by atoms with Crippen molar-refractivity contribution in [2.75, 3.05) is 25.5 Å². The molecule has 0 saturated carbocycles. The molecule has 0 heterocycles. The molecule has 0 atom stereocenters. The fourth-order valence-corrected chi connectivity index (χ4v) is 3.00. The lowest BCUT2D eigenvalue weighted by molar-refractivity contribution is -0.136. The highest BCUT2D eigenvalue weighted by atomic mass is 35.5. The number of ether oxygens (including phenoxy) is 1. The molecule has 0 aliphatic rings. The van der Waals surface area contributed by atoms with E-state index in [2.05, 4.69) is 5.32 Å². The zero-order valence-corrected chi connectivity index (χ0v) is 17.0. The molecule has 1 N–H and O–H groups in total. The van der Waals surface area contributed by atoms with E-state index in [1.54, 1.807) is 12.1 Å². The number of halogens is 2. The maximum atomic E-state index is 12.2. The average molecular weight is 423 g/mol. The first kappa shape index (κ1) is 21.7. The molecule has 0 spiro atoms. The Bertz CT molecular complexity index is 866. The number of aryl methyl sites for hydroxylation is 1. The molecule has 148 valence electrons. The second-order valence-corrected chi connectivity index (χ2v) is 6.80. The summed E-state index contributed by atoms with van der Waals surface area (Å²) in [6.45, 7) is 1.28. The van der Waals surface area contributed by atoms with Gasteiger partial charge in [0.2, 0.25) is 5.91 Å². The van der Waals surface area contributed by atoms with Crippen molar-refractivity contribution in [1.29, 1.82) is 0 Å². The van der Waals surface area contributed by atoms with Gasteiger partial charge in [-0.1, -0.05) is 54.4 Å². The van der Waals surface area contributed by atoms with E-state index in [0.29, 0.717) is 5.69 Å². The van der Waals surface area contributed by atoms with E-state index >= 15 is 0 Å². The number of hydrogen-bond acceptors (Lipinski definition) is 4. The summed E-state index contributed by atoms with van der Waals surface area (Å²) in [5.41, 5.74) is 1.70. The summed E-state index contributed by atoms with van der Waals surface area (Å²) < 4.78 is 4.98. The minimum Gasteiger partial charge on any atom is -0.452 e. The standard InChI is InChI=1S/C20H20Cl2N2O4/c1-3-13-7-4-5-10-16(13)23-17(25)11-24(2)18(26)12-28-20(27)19-14(21)8-6-9-15(19)22/h4-10H,3,11-12H2,1-2H3,(H,23,25). The normalized spacial score (nSPS) is 10.3. The third-order valence-electron chi connectivity index (χ3n) is 3.97. The Labute approximate surface area is 173 Å². The third-order valence-corrected chi connectivity index (χ3v) is 4.60. The topological polar surface area (TPSA) is 75.7 Å². The number of amides is 2. The second kappa shape index (κ2) is 10.1.